The lowest BCUT2D eigenvalue weighted by Gasteiger charge is -2.23. The van der Waals surface area contributed by atoms with Crippen LogP contribution in [0.3, 0.4) is 0 Å². The second kappa shape index (κ2) is 12.4. The molecule has 0 unspecified atom stereocenters. The fourth-order valence-corrected chi connectivity index (χ4v) is 5.12. The maximum Gasteiger partial charge on any atom is 0.337 e. The van der Waals surface area contributed by atoms with Crippen LogP contribution in [0.2, 0.25) is 0 Å². The van der Waals surface area contributed by atoms with Crippen LogP contribution in [0.1, 0.15) is 31.0 Å². The molecule has 0 spiro atoms. The van der Waals surface area contributed by atoms with Crippen LogP contribution in [0.4, 0.5) is 0 Å². The molecule has 4 rings (SSSR count). The van der Waals surface area contributed by atoms with Gasteiger partial charge in [0, 0.05) is 6.20 Å². The Morgan fingerprint density at radius 1 is 1.05 bits per heavy atom. The number of methoxy groups -OCH3 is 2. The van der Waals surface area contributed by atoms with Gasteiger partial charge in [-0.05, 0) is 55.3 Å². The van der Waals surface area contributed by atoms with Gasteiger partial charge in [0.05, 0.1) is 43.6 Å². The molecular formula is C29H28N2O7S. The molecule has 0 radical (unpaired) electrons. The summed E-state index contributed by atoms with van der Waals surface area (Å²) in [5, 5.41) is 0. The molecule has 0 saturated heterocycles. The number of nitrogens with zero attached hydrogens (tertiary/aromatic N) is 2. The summed E-state index contributed by atoms with van der Waals surface area (Å²) in [6.45, 7) is 4.74. The van der Waals surface area contributed by atoms with E-state index >= 15 is 0 Å². The molecule has 9 nitrogen and oxygen atoms in total. The van der Waals surface area contributed by atoms with E-state index in [4.69, 9.17) is 30.1 Å². The van der Waals surface area contributed by atoms with E-state index in [1.807, 2.05) is 13.8 Å². The van der Waals surface area contributed by atoms with Crippen molar-refractivity contribution in [1.29, 1.82) is 0 Å². The van der Waals surface area contributed by atoms with E-state index in [-0.39, 0.29) is 17.7 Å². The van der Waals surface area contributed by atoms with Crippen LogP contribution in [-0.4, -0.2) is 44.6 Å². The first-order chi connectivity index (χ1) is 18.9. The van der Waals surface area contributed by atoms with Gasteiger partial charge < -0.3 is 23.7 Å². The Balaban J connectivity index is 1.85. The summed E-state index contributed by atoms with van der Waals surface area (Å²) in [6.07, 6.45) is 8.47. The van der Waals surface area contributed by atoms with Crippen LogP contribution in [-0.2, 0) is 9.53 Å². The number of esters is 1. The number of aromatic nitrogens is 1. The molecule has 2 aromatic carbocycles. The van der Waals surface area contributed by atoms with E-state index in [0.29, 0.717) is 56.7 Å². The first-order valence-electron chi connectivity index (χ1n) is 12.2. The Bertz CT molecular complexity index is 1630. The predicted molar refractivity (Wildman–Crippen MR) is 147 cm³/mol. The summed E-state index contributed by atoms with van der Waals surface area (Å²) in [5.74, 6) is 3.90. The highest BCUT2D eigenvalue weighted by molar-refractivity contribution is 7.07. The minimum Gasteiger partial charge on any atom is -0.493 e. The zero-order valence-electron chi connectivity index (χ0n) is 22.1. The molecule has 0 bridgehead atoms. The smallest absolute Gasteiger partial charge is 0.337 e. The Morgan fingerprint density at radius 3 is 2.46 bits per heavy atom. The van der Waals surface area contributed by atoms with Crippen LogP contribution in [0.15, 0.2) is 58.0 Å². The first-order valence-corrected chi connectivity index (χ1v) is 13.0. The topological polar surface area (TPSA) is 97.6 Å². The van der Waals surface area contributed by atoms with Crippen LogP contribution in [0, 0.1) is 12.3 Å². The van der Waals surface area contributed by atoms with Gasteiger partial charge in [0.25, 0.3) is 5.56 Å². The first kappa shape index (κ1) is 27.5. The fourth-order valence-electron chi connectivity index (χ4n) is 4.15. The molecule has 10 heteroatoms. The average molecular weight is 549 g/mol. The largest absolute Gasteiger partial charge is 0.493 e. The summed E-state index contributed by atoms with van der Waals surface area (Å²) in [7, 11) is 2.82. The fraction of sp³-hybridized carbons (Fsp3) is 0.276. The number of thiazole rings is 1. The van der Waals surface area contributed by atoms with Gasteiger partial charge in [0.2, 0.25) is 0 Å². The molecule has 1 aliphatic heterocycles. The van der Waals surface area contributed by atoms with Crippen LogP contribution < -0.4 is 33.8 Å². The number of benzene rings is 2. The Kier molecular flexibility index (Phi) is 8.74. The third-order valence-electron chi connectivity index (χ3n) is 5.80. The molecule has 0 fully saturated rings. The van der Waals surface area contributed by atoms with Crippen molar-refractivity contribution in [3.05, 3.63) is 79.0 Å². The average Bonchev–Trinajstić information content (AvgIpc) is 3.27. The molecular weight excluding hydrogens is 520 g/mol. The van der Waals surface area contributed by atoms with Crippen molar-refractivity contribution in [2.24, 2.45) is 4.99 Å². The van der Waals surface area contributed by atoms with Crippen molar-refractivity contribution in [3.8, 4) is 35.3 Å². The van der Waals surface area contributed by atoms with E-state index in [9.17, 15) is 9.59 Å². The number of terminal acetylenes is 1. The van der Waals surface area contributed by atoms with Crippen molar-refractivity contribution >= 4 is 23.4 Å². The van der Waals surface area contributed by atoms with E-state index in [1.54, 1.807) is 42.5 Å². The Labute approximate surface area is 229 Å². The number of hydrogen-bond donors (Lipinski definition) is 0. The van der Waals surface area contributed by atoms with Gasteiger partial charge in [-0.3, -0.25) is 9.36 Å². The molecule has 2 heterocycles. The summed E-state index contributed by atoms with van der Waals surface area (Å²) < 4.78 is 29.4. The van der Waals surface area contributed by atoms with Crippen molar-refractivity contribution in [1.82, 2.24) is 4.57 Å². The summed E-state index contributed by atoms with van der Waals surface area (Å²) in [6, 6.07) is 9.85. The highest BCUT2D eigenvalue weighted by atomic mass is 32.1. The van der Waals surface area contributed by atoms with Gasteiger partial charge in [-0.15, -0.1) is 6.42 Å². The zero-order valence-corrected chi connectivity index (χ0v) is 22.9. The number of carbonyl (C=O) groups is 1. The zero-order chi connectivity index (χ0) is 27.9. The molecule has 1 atom stereocenters. The molecule has 3 aromatic rings. The highest BCUT2D eigenvalue weighted by Gasteiger charge is 2.31. The van der Waals surface area contributed by atoms with Crippen molar-refractivity contribution in [2.45, 2.75) is 19.9 Å². The molecule has 0 aliphatic carbocycles. The standard InChI is InChI=1S/C29H28N2O7S/c1-6-13-38-21-11-9-18(14-23(21)34-4)15-25-27(32)31-26(20(28(33)35-5)17-30-29(31)39-25)19-10-12-22(36-7-2)24(16-19)37-8-3/h1,9-12,14-17,26H,7-8,13H2,2-5H3/b25-15-/t26-/m0/s1. The monoisotopic (exact) mass is 548 g/mol. The van der Waals surface area contributed by atoms with Crippen LogP contribution >= 0.6 is 11.3 Å². The van der Waals surface area contributed by atoms with E-state index in [0.717, 1.165) is 0 Å². The molecule has 1 aliphatic rings. The molecule has 39 heavy (non-hydrogen) atoms. The maximum atomic E-state index is 13.8. The van der Waals surface area contributed by atoms with E-state index in [2.05, 4.69) is 10.9 Å². The van der Waals surface area contributed by atoms with Crippen LogP contribution in [0.25, 0.3) is 6.08 Å². The van der Waals surface area contributed by atoms with Gasteiger partial charge in [-0.1, -0.05) is 29.4 Å². The lowest BCUT2D eigenvalue weighted by atomic mass is 9.97. The molecule has 202 valence electrons. The third kappa shape index (κ3) is 5.68. The molecule has 0 amide bonds. The van der Waals surface area contributed by atoms with Crippen molar-refractivity contribution in [2.75, 3.05) is 34.0 Å². The second-order valence-corrected chi connectivity index (χ2v) is 9.16. The second-order valence-electron chi connectivity index (χ2n) is 8.15. The van der Waals surface area contributed by atoms with Crippen LogP contribution in [0.5, 0.6) is 23.0 Å². The Hall–Kier alpha value is -4.49. The SMILES string of the molecule is C#CCOc1ccc(/C=c2\sc3n(c2=O)[C@@H](c2ccc(OCC)c(OCC)c2)C(C(=O)OC)=CN=3)cc1OC. The van der Waals surface area contributed by atoms with Crippen molar-refractivity contribution < 1.29 is 28.5 Å². The summed E-state index contributed by atoms with van der Waals surface area (Å²) in [5.41, 5.74) is 1.28. The number of rotatable bonds is 10. The summed E-state index contributed by atoms with van der Waals surface area (Å²) >= 11 is 1.21. The van der Waals surface area contributed by atoms with E-state index in [1.165, 1.54) is 36.3 Å². The summed E-state index contributed by atoms with van der Waals surface area (Å²) in [4.78, 5) is 31.4. The minimum atomic E-state index is -0.778. The number of ether oxygens (including phenoxy) is 5. The number of carbonyl (C=O) groups excluding carboxylic acids is 1. The third-order valence-corrected chi connectivity index (χ3v) is 6.80. The van der Waals surface area contributed by atoms with Gasteiger partial charge in [0.15, 0.2) is 27.8 Å². The maximum absolute atomic E-state index is 13.8. The molecule has 0 N–H and O–H groups in total. The van der Waals surface area contributed by atoms with Crippen molar-refractivity contribution in [3.63, 3.8) is 0 Å². The van der Waals surface area contributed by atoms with Gasteiger partial charge in [0.1, 0.15) is 6.61 Å². The number of hydrogen-bond acceptors (Lipinski definition) is 9. The number of fused-ring (bicyclic) bond motifs is 1. The Morgan fingerprint density at radius 2 is 1.77 bits per heavy atom. The predicted octanol–water partition coefficient (Wildman–Crippen LogP) is 2.84. The lowest BCUT2D eigenvalue weighted by Crippen LogP contribution is -2.39. The normalized spacial score (nSPS) is 14.4. The lowest BCUT2D eigenvalue weighted by molar-refractivity contribution is -0.136. The quantitative estimate of drug-likeness (QED) is 0.284. The highest BCUT2D eigenvalue weighted by Crippen LogP contribution is 2.35. The minimum absolute atomic E-state index is 0.105. The molecule has 0 saturated carbocycles. The van der Waals surface area contributed by atoms with E-state index < -0.39 is 12.0 Å². The molecule has 1 aromatic heterocycles. The van der Waals surface area contributed by atoms with Gasteiger partial charge in [-0.25, -0.2) is 9.79 Å². The van der Waals surface area contributed by atoms with Gasteiger partial charge >= 0.3 is 5.97 Å². The van der Waals surface area contributed by atoms with Gasteiger partial charge in [-0.2, -0.15) is 0 Å².